The van der Waals surface area contributed by atoms with Gasteiger partial charge in [0.25, 0.3) is 0 Å². The van der Waals surface area contributed by atoms with Gasteiger partial charge in [-0.25, -0.2) is 0 Å². The van der Waals surface area contributed by atoms with Crippen LogP contribution in [0.25, 0.3) is 12.7 Å². The molecule has 0 fully saturated rings. The highest BCUT2D eigenvalue weighted by atomic mass is 13.9. The van der Waals surface area contributed by atoms with Gasteiger partial charge in [0, 0.05) is 0 Å². The van der Waals surface area contributed by atoms with Crippen LogP contribution in [0.1, 0.15) is 25.8 Å². The molecular weight excluding hydrogens is 144 g/mol. The van der Waals surface area contributed by atoms with Crippen molar-refractivity contribution in [3.63, 3.8) is 0 Å². The Bertz CT molecular complexity index is 347. The minimum atomic E-state index is 1.08. The van der Waals surface area contributed by atoms with E-state index in [4.69, 9.17) is 0 Å². The minimum absolute atomic E-state index is 1.08. The molecule has 0 nitrogen and oxygen atoms in total. The summed E-state index contributed by atoms with van der Waals surface area (Å²) in [6.07, 6.45) is 4.40. The largest absolute Gasteiger partial charge is 0.0912 e. The third kappa shape index (κ3) is 1.97. The van der Waals surface area contributed by atoms with Crippen LogP contribution in [0.4, 0.5) is 0 Å². The third-order valence-electron chi connectivity index (χ3n) is 2.04. The average molecular weight is 160 g/mol. The van der Waals surface area contributed by atoms with Gasteiger partial charge in [0.05, 0.1) is 0 Å². The van der Waals surface area contributed by atoms with Crippen LogP contribution in [-0.2, 0) is 6.42 Å². The van der Waals surface area contributed by atoms with Gasteiger partial charge in [0.2, 0.25) is 0 Å². The summed E-state index contributed by atoms with van der Waals surface area (Å²) in [5, 5.41) is 2.42. The van der Waals surface area contributed by atoms with Gasteiger partial charge in [-0.05, 0) is 28.8 Å². The predicted octanol–water partition coefficient (Wildman–Crippen LogP) is 1.85. The molecule has 0 saturated heterocycles. The standard InChI is InChI=1S/C12H16/c1-4-6-12-9-11(5-2)8-7-10(12)3/h6-9H,3-5H2,1-2H3. The normalized spacial score (nSPS) is 12.0. The van der Waals surface area contributed by atoms with Crippen LogP contribution in [0, 0.1) is 0 Å². The number of rotatable bonds is 2. The molecule has 0 amide bonds. The highest BCUT2D eigenvalue weighted by Gasteiger charge is 1.87. The van der Waals surface area contributed by atoms with Crippen molar-refractivity contribution in [1.29, 1.82) is 0 Å². The Morgan fingerprint density at radius 3 is 2.67 bits per heavy atom. The maximum Gasteiger partial charge on any atom is -0.0227 e. The van der Waals surface area contributed by atoms with Crippen molar-refractivity contribution in [1.82, 2.24) is 0 Å². The first kappa shape index (κ1) is 9.05. The number of aryl methyl sites for hydroxylation is 1. The molecule has 0 radical (unpaired) electrons. The molecule has 0 aromatic heterocycles. The lowest BCUT2D eigenvalue weighted by Gasteiger charge is -1.95. The Morgan fingerprint density at radius 2 is 2.08 bits per heavy atom. The first-order valence-corrected chi connectivity index (χ1v) is 4.56. The van der Waals surface area contributed by atoms with Gasteiger partial charge in [0.15, 0.2) is 0 Å². The number of hydrogen-bond acceptors (Lipinski definition) is 0. The summed E-state index contributed by atoms with van der Waals surface area (Å²) in [6, 6.07) is 6.47. The summed E-state index contributed by atoms with van der Waals surface area (Å²) in [5.74, 6) is 0. The van der Waals surface area contributed by atoms with E-state index in [9.17, 15) is 0 Å². The topological polar surface area (TPSA) is 0 Å². The molecule has 0 heteroatoms. The van der Waals surface area contributed by atoms with Crippen LogP contribution in [-0.4, -0.2) is 0 Å². The van der Waals surface area contributed by atoms with Crippen molar-refractivity contribution in [2.45, 2.75) is 26.7 Å². The molecule has 1 aromatic carbocycles. The smallest absolute Gasteiger partial charge is 0.0227 e. The van der Waals surface area contributed by atoms with Crippen molar-refractivity contribution in [3.05, 3.63) is 34.2 Å². The molecule has 64 valence electrons. The summed E-state index contributed by atoms with van der Waals surface area (Å²) in [6.45, 7) is 8.31. The molecule has 0 unspecified atom stereocenters. The Hall–Kier alpha value is -1.04. The summed E-state index contributed by atoms with van der Waals surface area (Å²) in [4.78, 5) is 0. The van der Waals surface area contributed by atoms with Gasteiger partial charge in [-0.2, -0.15) is 0 Å². The second kappa shape index (κ2) is 4.10. The Kier molecular flexibility index (Phi) is 3.09. The van der Waals surface area contributed by atoms with Crippen LogP contribution in [0.5, 0.6) is 0 Å². The lowest BCUT2D eigenvalue weighted by atomic mass is 10.1. The zero-order valence-corrected chi connectivity index (χ0v) is 7.93. The maximum atomic E-state index is 3.98. The molecule has 0 heterocycles. The van der Waals surface area contributed by atoms with Crippen molar-refractivity contribution in [3.8, 4) is 0 Å². The van der Waals surface area contributed by atoms with E-state index in [-0.39, 0.29) is 0 Å². The maximum absolute atomic E-state index is 3.98. The van der Waals surface area contributed by atoms with E-state index in [2.05, 4.69) is 44.7 Å². The molecule has 1 aromatic rings. The van der Waals surface area contributed by atoms with Gasteiger partial charge >= 0.3 is 0 Å². The minimum Gasteiger partial charge on any atom is -0.0912 e. The fourth-order valence-corrected chi connectivity index (χ4v) is 1.27. The fourth-order valence-electron chi connectivity index (χ4n) is 1.27. The van der Waals surface area contributed by atoms with Crippen LogP contribution in [0.2, 0.25) is 0 Å². The van der Waals surface area contributed by atoms with E-state index in [1.165, 1.54) is 10.8 Å². The SMILES string of the molecule is C=c1ccc(CC)cc1=CCC. The van der Waals surface area contributed by atoms with Gasteiger partial charge < -0.3 is 0 Å². The molecule has 0 bridgehead atoms. The zero-order valence-electron chi connectivity index (χ0n) is 7.93. The van der Waals surface area contributed by atoms with Gasteiger partial charge in [-0.1, -0.05) is 44.7 Å². The van der Waals surface area contributed by atoms with E-state index in [1.54, 1.807) is 0 Å². The van der Waals surface area contributed by atoms with E-state index in [0.29, 0.717) is 0 Å². The number of hydrogen-bond donors (Lipinski definition) is 0. The second-order valence-electron chi connectivity index (χ2n) is 3.00. The average Bonchev–Trinajstić information content (AvgIpc) is 2.09. The van der Waals surface area contributed by atoms with Crippen molar-refractivity contribution in [2.24, 2.45) is 0 Å². The van der Waals surface area contributed by atoms with Crippen molar-refractivity contribution < 1.29 is 0 Å². The molecule has 0 N–H and O–H groups in total. The van der Waals surface area contributed by atoms with E-state index >= 15 is 0 Å². The molecule has 0 saturated carbocycles. The molecule has 0 aliphatic rings. The van der Waals surface area contributed by atoms with Crippen molar-refractivity contribution >= 4 is 12.7 Å². The van der Waals surface area contributed by atoms with E-state index in [1.807, 2.05) is 0 Å². The van der Waals surface area contributed by atoms with Crippen LogP contribution in [0.3, 0.4) is 0 Å². The monoisotopic (exact) mass is 160 g/mol. The summed E-state index contributed by atoms with van der Waals surface area (Å²) in [5.41, 5.74) is 1.39. The van der Waals surface area contributed by atoms with Gasteiger partial charge in [0.1, 0.15) is 0 Å². The molecule has 0 aliphatic carbocycles. The zero-order chi connectivity index (χ0) is 8.97. The fraction of sp³-hybridized carbons (Fsp3) is 0.333. The van der Waals surface area contributed by atoms with Gasteiger partial charge in [-0.3, -0.25) is 0 Å². The first-order valence-electron chi connectivity index (χ1n) is 4.56. The molecule has 0 spiro atoms. The van der Waals surface area contributed by atoms with Crippen LogP contribution < -0.4 is 10.4 Å². The third-order valence-corrected chi connectivity index (χ3v) is 2.04. The lowest BCUT2D eigenvalue weighted by Crippen LogP contribution is -2.22. The highest BCUT2D eigenvalue weighted by Crippen LogP contribution is 1.92. The molecule has 1 rings (SSSR count). The second-order valence-corrected chi connectivity index (χ2v) is 3.00. The molecule has 12 heavy (non-hydrogen) atoms. The Labute approximate surface area is 74.2 Å². The molecule has 0 atom stereocenters. The molecule has 0 aliphatic heterocycles. The predicted molar refractivity (Wildman–Crippen MR) is 55.3 cm³/mol. The Morgan fingerprint density at radius 1 is 1.33 bits per heavy atom. The van der Waals surface area contributed by atoms with Crippen molar-refractivity contribution in [2.75, 3.05) is 0 Å². The molecular formula is C12H16. The van der Waals surface area contributed by atoms with Crippen LogP contribution in [0.15, 0.2) is 18.2 Å². The quantitative estimate of drug-likeness (QED) is 0.619. The van der Waals surface area contributed by atoms with Crippen LogP contribution >= 0.6 is 0 Å². The first-order chi connectivity index (χ1) is 5.77. The highest BCUT2D eigenvalue weighted by molar-refractivity contribution is 5.29. The Balaban J connectivity index is 3.27. The number of benzene rings is 1. The van der Waals surface area contributed by atoms with Gasteiger partial charge in [-0.15, -0.1) is 0 Å². The lowest BCUT2D eigenvalue weighted by molar-refractivity contribution is 1.13. The van der Waals surface area contributed by atoms with E-state index < -0.39 is 0 Å². The summed E-state index contributed by atoms with van der Waals surface area (Å²) in [7, 11) is 0. The van der Waals surface area contributed by atoms with E-state index in [0.717, 1.165) is 18.1 Å². The summed E-state index contributed by atoms with van der Waals surface area (Å²) >= 11 is 0. The summed E-state index contributed by atoms with van der Waals surface area (Å²) < 4.78 is 0.